The average Bonchev–Trinajstić information content (AvgIpc) is 3.46. The number of likely N-dealkylation sites (N-methyl/N-ethyl adjacent to an activating group) is 1. The molecule has 1 heterocycles. The van der Waals surface area contributed by atoms with Gasteiger partial charge in [0.05, 0.1) is 12.0 Å². The standard InChI is InChI=1S/C26H32FN3O7S.2C2HF3O2/c1-14(2)10-19(20(31)12-16(25(34)35)5-9-23(32)33)30(3)13-17-6-8-22(38-17)26(36)37-21-7-4-15(24(28)29)11-18(21)27;2*3-2(4,5)1(6)7/h4,6-8,11,14,16,19H,5,9-10,12-13H2,1-3H3,(H3,28,29)(H,32,33)(H,34,35);2*(H,6,7)/t16-,19+;;/m1../s1. The molecule has 0 saturated carbocycles. The fraction of sp³-hybridized carbons (Fsp3) is 0.433. The predicted octanol–water partition coefficient (Wildman–Crippen LogP) is 5.03. The molecule has 290 valence electrons. The van der Waals surface area contributed by atoms with Crippen LogP contribution in [0.3, 0.4) is 0 Å². The number of esters is 1. The maximum Gasteiger partial charge on any atom is 0.490 e. The number of ketones is 1. The molecule has 0 spiro atoms. The van der Waals surface area contributed by atoms with Crippen LogP contribution in [0.1, 0.15) is 59.6 Å². The number of alkyl halides is 6. The number of nitrogen functional groups attached to an aromatic ring is 1. The lowest BCUT2D eigenvalue weighted by Gasteiger charge is -2.29. The molecular formula is C30H34F7N3O11S. The number of carbonyl (C=O) groups excluding carboxylic acids is 2. The molecule has 22 heteroatoms. The molecule has 2 aromatic rings. The van der Waals surface area contributed by atoms with Gasteiger partial charge >= 0.3 is 42.2 Å². The number of nitrogens with two attached hydrogens (primary N) is 1. The van der Waals surface area contributed by atoms with Gasteiger partial charge in [0.15, 0.2) is 17.3 Å². The Morgan fingerprint density at radius 1 is 0.923 bits per heavy atom. The molecule has 0 aliphatic heterocycles. The third kappa shape index (κ3) is 17.7. The van der Waals surface area contributed by atoms with Crippen molar-refractivity contribution in [1.82, 2.24) is 4.90 Å². The number of benzene rings is 1. The molecular weight excluding hydrogens is 743 g/mol. The number of thiophene rings is 1. The quantitative estimate of drug-likeness (QED) is 0.0458. The van der Waals surface area contributed by atoms with Crippen LogP contribution in [0.4, 0.5) is 30.7 Å². The summed E-state index contributed by atoms with van der Waals surface area (Å²) in [5.41, 5.74) is 5.49. The number of ether oxygens (including phenoxy) is 1. The van der Waals surface area contributed by atoms with Gasteiger partial charge in [-0.1, -0.05) is 13.8 Å². The van der Waals surface area contributed by atoms with Crippen LogP contribution in [0.15, 0.2) is 30.3 Å². The van der Waals surface area contributed by atoms with Gasteiger partial charge in [0.1, 0.15) is 10.7 Å². The predicted molar refractivity (Wildman–Crippen MR) is 166 cm³/mol. The minimum Gasteiger partial charge on any atom is -0.481 e. The summed E-state index contributed by atoms with van der Waals surface area (Å²) < 4.78 is 82.9. The van der Waals surface area contributed by atoms with Crippen molar-refractivity contribution >= 4 is 52.8 Å². The molecule has 0 bridgehead atoms. The third-order valence-electron chi connectivity index (χ3n) is 6.30. The Balaban J connectivity index is 0.00000156. The molecule has 0 amide bonds. The number of halogens is 7. The first kappa shape index (κ1) is 46.9. The van der Waals surface area contributed by atoms with Crippen LogP contribution >= 0.6 is 11.3 Å². The van der Waals surface area contributed by atoms with Crippen LogP contribution in [-0.2, 0) is 30.5 Å². The van der Waals surface area contributed by atoms with Crippen molar-refractivity contribution < 1.29 is 84.7 Å². The van der Waals surface area contributed by atoms with Crippen LogP contribution in [0.5, 0.6) is 5.75 Å². The molecule has 52 heavy (non-hydrogen) atoms. The molecule has 2 rings (SSSR count). The van der Waals surface area contributed by atoms with Gasteiger partial charge in [0.2, 0.25) is 0 Å². The summed E-state index contributed by atoms with van der Waals surface area (Å²) in [6, 6.07) is 6.21. The number of aliphatic carboxylic acids is 4. The number of carboxylic acids is 4. The van der Waals surface area contributed by atoms with E-state index in [0.29, 0.717) is 6.42 Å². The Hall–Kier alpha value is -5.12. The number of rotatable bonds is 15. The topological polar surface area (TPSA) is 246 Å². The number of hydrogen-bond acceptors (Lipinski definition) is 10. The molecule has 0 saturated heterocycles. The van der Waals surface area contributed by atoms with Crippen molar-refractivity contribution in [2.45, 2.75) is 64.5 Å². The molecule has 7 N–H and O–H groups in total. The lowest BCUT2D eigenvalue weighted by molar-refractivity contribution is -0.193. The molecule has 1 aromatic heterocycles. The van der Waals surface area contributed by atoms with E-state index in [1.807, 2.05) is 13.8 Å². The van der Waals surface area contributed by atoms with Crippen molar-refractivity contribution in [3.8, 4) is 5.75 Å². The number of nitrogens with one attached hydrogen (secondary N) is 1. The fourth-order valence-corrected chi connectivity index (χ4v) is 4.77. The molecule has 14 nitrogen and oxygen atoms in total. The van der Waals surface area contributed by atoms with Crippen molar-refractivity contribution in [3.63, 3.8) is 0 Å². The van der Waals surface area contributed by atoms with Crippen LogP contribution in [0, 0.1) is 23.1 Å². The lowest BCUT2D eigenvalue weighted by atomic mass is 9.90. The highest BCUT2D eigenvalue weighted by Crippen LogP contribution is 2.26. The number of carbonyl (C=O) groups is 6. The van der Waals surface area contributed by atoms with Crippen molar-refractivity contribution in [3.05, 3.63) is 51.5 Å². The number of hydrogen-bond donors (Lipinski definition) is 6. The van der Waals surface area contributed by atoms with Crippen LogP contribution < -0.4 is 10.5 Å². The molecule has 0 radical (unpaired) electrons. The number of carboxylic acid groups (broad SMARTS) is 4. The van der Waals surface area contributed by atoms with E-state index in [4.69, 9.17) is 40.8 Å². The van der Waals surface area contributed by atoms with Gasteiger partial charge in [-0.3, -0.25) is 24.7 Å². The summed E-state index contributed by atoms with van der Waals surface area (Å²) in [6.45, 7) is 4.17. The average molecular weight is 778 g/mol. The fourth-order valence-electron chi connectivity index (χ4n) is 3.82. The Labute approximate surface area is 294 Å². The monoisotopic (exact) mass is 777 g/mol. The van der Waals surface area contributed by atoms with Gasteiger partial charge in [-0.05, 0) is 56.1 Å². The van der Waals surface area contributed by atoms with E-state index in [1.165, 1.54) is 18.2 Å². The van der Waals surface area contributed by atoms with E-state index >= 15 is 0 Å². The van der Waals surface area contributed by atoms with Crippen LogP contribution in [0.2, 0.25) is 0 Å². The molecule has 2 atom stereocenters. The first-order valence-electron chi connectivity index (χ1n) is 14.4. The van der Waals surface area contributed by atoms with Crippen molar-refractivity contribution in [1.29, 1.82) is 5.41 Å². The van der Waals surface area contributed by atoms with Crippen LogP contribution in [0.25, 0.3) is 0 Å². The Bertz CT molecular complexity index is 1570. The summed E-state index contributed by atoms with van der Waals surface area (Å²) >= 11 is 1.12. The highest BCUT2D eigenvalue weighted by molar-refractivity contribution is 7.13. The van der Waals surface area contributed by atoms with Crippen molar-refractivity contribution in [2.24, 2.45) is 17.6 Å². The van der Waals surface area contributed by atoms with E-state index in [-0.39, 0.29) is 59.5 Å². The van der Waals surface area contributed by atoms with E-state index < -0.39 is 60.0 Å². The van der Waals surface area contributed by atoms with Gasteiger partial charge in [-0.2, -0.15) is 26.3 Å². The second kappa shape index (κ2) is 20.7. The number of amidine groups is 1. The first-order chi connectivity index (χ1) is 23.7. The molecule has 1 aromatic carbocycles. The summed E-state index contributed by atoms with van der Waals surface area (Å²) in [7, 11) is 1.72. The van der Waals surface area contributed by atoms with E-state index in [9.17, 15) is 55.0 Å². The largest absolute Gasteiger partial charge is 0.490 e. The molecule has 0 aliphatic carbocycles. The maximum absolute atomic E-state index is 14.2. The Morgan fingerprint density at radius 2 is 1.44 bits per heavy atom. The zero-order valence-electron chi connectivity index (χ0n) is 27.4. The summed E-state index contributed by atoms with van der Waals surface area (Å²) in [5.74, 6) is -11.3. The lowest BCUT2D eigenvalue weighted by Crippen LogP contribution is -2.40. The SMILES string of the molecule is CC(C)C[C@@H](C(=O)C[C@@H](CCC(=O)O)C(=O)O)N(C)Cc1ccc(C(=O)Oc2ccc(C(=N)N)cc2F)s1.O=C(O)C(F)(F)F.O=C(O)C(F)(F)F. The smallest absolute Gasteiger partial charge is 0.481 e. The second-order valence-electron chi connectivity index (χ2n) is 11.0. The highest BCUT2D eigenvalue weighted by Gasteiger charge is 2.39. The number of Topliss-reactive ketones (excluding diaryl/α,β-unsaturated/α-hetero) is 1. The molecule has 0 unspecified atom stereocenters. The highest BCUT2D eigenvalue weighted by atomic mass is 32.1. The minimum atomic E-state index is -5.08. The van der Waals surface area contributed by atoms with Crippen LogP contribution in [-0.4, -0.2) is 92.2 Å². The summed E-state index contributed by atoms with van der Waals surface area (Å²) in [5, 5.41) is 39.9. The zero-order valence-corrected chi connectivity index (χ0v) is 28.2. The Kier molecular flexibility index (Phi) is 18.6. The van der Waals surface area contributed by atoms with Crippen molar-refractivity contribution in [2.75, 3.05) is 7.05 Å². The molecule has 0 fully saturated rings. The number of nitrogens with zero attached hydrogens (tertiary/aromatic N) is 1. The van der Waals surface area contributed by atoms with E-state index in [2.05, 4.69) is 0 Å². The van der Waals surface area contributed by atoms with Gasteiger partial charge in [0, 0.05) is 29.8 Å². The second-order valence-corrected chi connectivity index (χ2v) is 12.2. The third-order valence-corrected chi connectivity index (χ3v) is 7.35. The van der Waals surface area contributed by atoms with Gasteiger partial charge < -0.3 is 30.9 Å². The Morgan fingerprint density at radius 3 is 1.85 bits per heavy atom. The van der Waals surface area contributed by atoms with Gasteiger partial charge in [0.25, 0.3) is 0 Å². The minimum absolute atomic E-state index is 0.131. The summed E-state index contributed by atoms with van der Waals surface area (Å²) in [6.07, 6.45) is -10.5. The zero-order chi connectivity index (χ0) is 40.7. The van der Waals surface area contributed by atoms with E-state index in [0.717, 1.165) is 22.3 Å². The normalized spacial score (nSPS) is 12.4. The van der Waals surface area contributed by atoms with E-state index in [1.54, 1.807) is 18.0 Å². The van der Waals surface area contributed by atoms with Gasteiger partial charge in [-0.25, -0.2) is 18.8 Å². The maximum atomic E-state index is 14.2. The summed E-state index contributed by atoms with van der Waals surface area (Å²) in [4.78, 5) is 68.6. The first-order valence-corrected chi connectivity index (χ1v) is 15.2. The molecule has 0 aliphatic rings. The van der Waals surface area contributed by atoms with Gasteiger partial charge in [-0.15, -0.1) is 11.3 Å².